The minimum atomic E-state index is 0.411. The van der Waals surface area contributed by atoms with E-state index in [9.17, 15) is 0 Å². The van der Waals surface area contributed by atoms with E-state index in [0.717, 1.165) is 13.1 Å². The van der Waals surface area contributed by atoms with Gasteiger partial charge in [0.1, 0.15) is 0 Å². The Hall–Kier alpha value is -2.38. The third-order valence-electron chi connectivity index (χ3n) is 5.44. The average Bonchev–Trinajstić information content (AvgIpc) is 2.66. The molecule has 0 bridgehead atoms. The molecule has 126 valence electrons. The molecule has 0 saturated heterocycles. The minimum Gasteiger partial charge on any atom is -0.302 e. The summed E-state index contributed by atoms with van der Waals surface area (Å²) in [7, 11) is 2.24. The van der Waals surface area contributed by atoms with E-state index in [0.29, 0.717) is 11.8 Å². The second kappa shape index (κ2) is 7.25. The molecule has 0 aromatic heterocycles. The first-order chi connectivity index (χ1) is 12.3. The van der Waals surface area contributed by atoms with Crippen LogP contribution in [-0.2, 0) is 6.54 Å². The van der Waals surface area contributed by atoms with E-state index >= 15 is 0 Å². The minimum absolute atomic E-state index is 0.411. The summed E-state index contributed by atoms with van der Waals surface area (Å²) in [6.07, 6.45) is 1.18. The van der Waals surface area contributed by atoms with Crippen molar-refractivity contribution < 1.29 is 0 Å². The van der Waals surface area contributed by atoms with E-state index in [1.807, 2.05) is 0 Å². The van der Waals surface area contributed by atoms with Gasteiger partial charge in [-0.05, 0) is 48.2 Å². The highest BCUT2D eigenvalue weighted by molar-refractivity contribution is 5.42. The molecular formula is C24H25N. The van der Waals surface area contributed by atoms with Crippen LogP contribution in [0.2, 0.25) is 0 Å². The Balaban J connectivity index is 1.89. The molecule has 4 rings (SSSR count). The maximum atomic E-state index is 2.45. The summed E-state index contributed by atoms with van der Waals surface area (Å²) in [5, 5.41) is 0. The van der Waals surface area contributed by atoms with Gasteiger partial charge in [-0.1, -0.05) is 84.9 Å². The zero-order valence-electron chi connectivity index (χ0n) is 14.8. The van der Waals surface area contributed by atoms with Gasteiger partial charge in [0.25, 0.3) is 0 Å². The SMILES string of the molecule is CN1CC[C@H](c2ccccc2)[C@@H](c2ccccc2)c2ccccc2C1. The van der Waals surface area contributed by atoms with Crippen molar-refractivity contribution in [2.45, 2.75) is 24.8 Å². The van der Waals surface area contributed by atoms with E-state index in [1.165, 1.54) is 28.7 Å². The van der Waals surface area contributed by atoms with Gasteiger partial charge >= 0.3 is 0 Å². The van der Waals surface area contributed by atoms with Crippen LogP contribution in [0.1, 0.15) is 40.5 Å². The maximum absolute atomic E-state index is 2.45. The molecule has 0 radical (unpaired) electrons. The van der Waals surface area contributed by atoms with Crippen molar-refractivity contribution in [1.29, 1.82) is 0 Å². The van der Waals surface area contributed by atoms with Crippen LogP contribution in [0.4, 0.5) is 0 Å². The Kier molecular flexibility index (Phi) is 4.67. The molecule has 1 nitrogen and oxygen atoms in total. The van der Waals surface area contributed by atoms with Crippen LogP contribution < -0.4 is 0 Å². The highest BCUT2D eigenvalue weighted by atomic mass is 15.1. The van der Waals surface area contributed by atoms with Gasteiger partial charge in [-0.2, -0.15) is 0 Å². The molecule has 3 aromatic carbocycles. The maximum Gasteiger partial charge on any atom is 0.0233 e. The van der Waals surface area contributed by atoms with Crippen LogP contribution in [0.5, 0.6) is 0 Å². The molecule has 0 spiro atoms. The number of hydrogen-bond acceptors (Lipinski definition) is 1. The lowest BCUT2D eigenvalue weighted by molar-refractivity contribution is 0.294. The standard InChI is InChI=1S/C24H25N/c1-25-17-16-23(19-10-4-2-5-11-19)24(20-12-6-3-7-13-20)22-15-9-8-14-21(22)18-25/h2-15,23-24H,16-18H2,1H3/t23-,24+/m1/s1. The Bertz CT molecular complexity index is 810. The first kappa shape index (κ1) is 16.1. The van der Waals surface area contributed by atoms with E-state index < -0.39 is 0 Å². The lowest BCUT2D eigenvalue weighted by atomic mass is 9.73. The second-order valence-corrected chi connectivity index (χ2v) is 7.13. The molecule has 25 heavy (non-hydrogen) atoms. The summed E-state index contributed by atoms with van der Waals surface area (Å²) in [4.78, 5) is 2.45. The molecule has 0 amide bonds. The average molecular weight is 327 g/mol. The van der Waals surface area contributed by atoms with Crippen LogP contribution in [0.3, 0.4) is 0 Å². The van der Waals surface area contributed by atoms with Gasteiger partial charge in [0.2, 0.25) is 0 Å². The van der Waals surface area contributed by atoms with E-state index in [4.69, 9.17) is 0 Å². The summed E-state index contributed by atoms with van der Waals surface area (Å²) in [5.74, 6) is 0.904. The first-order valence-electron chi connectivity index (χ1n) is 9.19. The van der Waals surface area contributed by atoms with Crippen LogP contribution in [-0.4, -0.2) is 18.5 Å². The molecule has 3 aromatic rings. The molecular weight excluding hydrogens is 302 g/mol. The summed E-state index contributed by atoms with van der Waals surface area (Å²) in [5.41, 5.74) is 5.81. The van der Waals surface area contributed by atoms with Gasteiger partial charge in [-0.3, -0.25) is 0 Å². The molecule has 0 aliphatic carbocycles. The normalized spacial score (nSPS) is 21.2. The van der Waals surface area contributed by atoms with Gasteiger partial charge in [0.05, 0.1) is 0 Å². The monoisotopic (exact) mass is 327 g/mol. The largest absolute Gasteiger partial charge is 0.302 e. The zero-order chi connectivity index (χ0) is 17.1. The number of nitrogens with zero attached hydrogens (tertiary/aromatic N) is 1. The Morgan fingerprint density at radius 3 is 2.04 bits per heavy atom. The third kappa shape index (κ3) is 3.38. The van der Waals surface area contributed by atoms with Gasteiger partial charge in [-0.15, -0.1) is 0 Å². The molecule has 0 fully saturated rings. The summed E-state index contributed by atoms with van der Waals surface area (Å²) in [6, 6.07) is 31.1. The predicted octanol–water partition coefficient (Wildman–Crippen LogP) is 5.44. The van der Waals surface area contributed by atoms with Crippen molar-refractivity contribution in [1.82, 2.24) is 4.90 Å². The third-order valence-corrected chi connectivity index (χ3v) is 5.44. The van der Waals surface area contributed by atoms with Crippen LogP contribution in [0, 0.1) is 0 Å². The molecule has 0 unspecified atom stereocenters. The Morgan fingerprint density at radius 1 is 0.720 bits per heavy atom. The van der Waals surface area contributed by atoms with Crippen molar-refractivity contribution >= 4 is 0 Å². The molecule has 0 N–H and O–H groups in total. The summed E-state index contributed by atoms with van der Waals surface area (Å²) in [6.45, 7) is 2.15. The smallest absolute Gasteiger partial charge is 0.0233 e. The Morgan fingerprint density at radius 2 is 1.32 bits per heavy atom. The van der Waals surface area contributed by atoms with Gasteiger partial charge in [-0.25, -0.2) is 0 Å². The van der Waals surface area contributed by atoms with Gasteiger partial charge in [0.15, 0.2) is 0 Å². The van der Waals surface area contributed by atoms with Crippen LogP contribution in [0.25, 0.3) is 0 Å². The first-order valence-corrected chi connectivity index (χ1v) is 9.19. The number of hydrogen-bond donors (Lipinski definition) is 0. The highest BCUT2D eigenvalue weighted by Gasteiger charge is 2.30. The second-order valence-electron chi connectivity index (χ2n) is 7.13. The molecule has 2 atom stereocenters. The van der Waals surface area contributed by atoms with E-state index in [-0.39, 0.29) is 0 Å². The van der Waals surface area contributed by atoms with Crippen LogP contribution >= 0.6 is 0 Å². The zero-order valence-corrected chi connectivity index (χ0v) is 14.8. The molecule has 1 heteroatoms. The highest BCUT2D eigenvalue weighted by Crippen LogP contribution is 2.43. The van der Waals surface area contributed by atoms with Crippen molar-refractivity contribution in [3.05, 3.63) is 107 Å². The fourth-order valence-corrected chi connectivity index (χ4v) is 4.23. The van der Waals surface area contributed by atoms with Gasteiger partial charge < -0.3 is 4.90 Å². The molecule has 1 heterocycles. The summed E-state index contributed by atoms with van der Waals surface area (Å²) < 4.78 is 0. The number of rotatable bonds is 2. The fraction of sp³-hybridized carbons (Fsp3) is 0.250. The lowest BCUT2D eigenvalue weighted by Gasteiger charge is -2.35. The van der Waals surface area contributed by atoms with E-state index in [2.05, 4.69) is 96.9 Å². The van der Waals surface area contributed by atoms with E-state index in [1.54, 1.807) is 0 Å². The van der Waals surface area contributed by atoms with Crippen molar-refractivity contribution in [3.63, 3.8) is 0 Å². The summed E-state index contributed by atoms with van der Waals surface area (Å²) >= 11 is 0. The molecule has 1 aliphatic heterocycles. The van der Waals surface area contributed by atoms with Crippen molar-refractivity contribution in [2.24, 2.45) is 0 Å². The lowest BCUT2D eigenvalue weighted by Crippen LogP contribution is -2.27. The molecule has 1 aliphatic rings. The Labute approximate surface area is 150 Å². The number of fused-ring (bicyclic) bond motifs is 1. The topological polar surface area (TPSA) is 3.24 Å². The van der Waals surface area contributed by atoms with Crippen LogP contribution in [0.15, 0.2) is 84.9 Å². The number of benzene rings is 3. The fourth-order valence-electron chi connectivity index (χ4n) is 4.23. The quantitative estimate of drug-likeness (QED) is 0.606. The molecule has 0 saturated carbocycles. The van der Waals surface area contributed by atoms with Gasteiger partial charge in [0, 0.05) is 12.5 Å². The predicted molar refractivity (Wildman–Crippen MR) is 105 cm³/mol. The van der Waals surface area contributed by atoms with Crippen molar-refractivity contribution in [3.8, 4) is 0 Å². The van der Waals surface area contributed by atoms with Crippen molar-refractivity contribution in [2.75, 3.05) is 13.6 Å².